The molecule has 0 bridgehead atoms. The van der Waals surface area contributed by atoms with Crippen molar-refractivity contribution >= 4 is 23.2 Å². The lowest BCUT2D eigenvalue weighted by Gasteiger charge is -2.26. The van der Waals surface area contributed by atoms with Crippen LogP contribution >= 0.6 is 11.3 Å². The van der Waals surface area contributed by atoms with E-state index in [1.807, 2.05) is 0 Å². The highest BCUT2D eigenvalue weighted by Gasteiger charge is 2.31. The molecule has 5 nitrogen and oxygen atoms in total. The molecule has 1 aromatic rings. The number of thiazole rings is 1. The Bertz CT molecular complexity index is 481. The van der Waals surface area contributed by atoms with Crippen LogP contribution in [0.4, 0.5) is 0 Å². The third kappa shape index (κ3) is 2.25. The van der Waals surface area contributed by atoms with Crippen LogP contribution in [0.1, 0.15) is 53.4 Å². The Hall–Kier alpha value is -1.43. The average molecular weight is 265 g/mol. The predicted octanol–water partition coefficient (Wildman–Crippen LogP) is 1.68. The minimum absolute atomic E-state index is 0.00656. The molecule has 1 saturated carbocycles. The van der Waals surface area contributed by atoms with E-state index in [1.165, 1.54) is 16.3 Å². The van der Waals surface area contributed by atoms with E-state index in [4.69, 9.17) is 0 Å². The van der Waals surface area contributed by atoms with Crippen molar-refractivity contribution in [2.45, 2.75) is 38.0 Å². The molecule has 0 spiro atoms. The smallest absolute Gasteiger partial charge is 0.273 e. The topological polar surface area (TPSA) is 62.3 Å². The van der Waals surface area contributed by atoms with Gasteiger partial charge in [-0.1, -0.05) is 0 Å². The number of carbonyl (C=O) groups is 2. The molecule has 1 aliphatic carbocycles. The maximum absolute atomic E-state index is 12.1. The van der Waals surface area contributed by atoms with Crippen molar-refractivity contribution in [1.29, 1.82) is 0 Å². The minimum Gasteiger partial charge on any atom is -0.273 e. The van der Waals surface area contributed by atoms with Crippen LogP contribution in [0.3, 0.4) is 0 Å². The Morgan fingerprint density at radius 3 is 3.00 bits per heavy atom. The lowest BCUT2D eigenvalue weighted by molar-refractivity contribution is -0.135. The van der Waals surface area contributed by atoms with E-state index in [0.29, 0.717) is 23.8 Å². The number of amides is 2. The summed E-state index contributed by atoms with van der Waals surface area (Å²) in [4.78, 5) is 28.7. The number of hydrogen-bond donors (Lipinski definition) is 1. The first-order valence-corrected chi connectivity index (χ1v) is 7.18. The van der Waals surface area contributed by atoms with Crippen molar-refractivity contribution in [3.63, 3.8) is 0 Å². The summed E-state index contributed by atoms with van der Waals surface area (Å²) in [5.74, 6) is 0.274. The molecule has 96 valence electrons. The first kappa shape index (κ1) is 11.6. The second-order valence-electron chi connectivity index (χ2n) is 4.78. The fourth-order valence-corrected chi connectivity index (χ4v) is 2.93. The van der Waals surface area contributed by atoms with Gasteiger partial charge >= 0.3 is 0 Å². The van der Waals surface area contributed by atoms with Gasteiger partial charge < -0.3 is 0 Å². The molecule has 1 aromatic heterocycles. The third-order valence-corrected chi connectivity index (χ3v) is 4.17. The van der Waals surface area contributed by atoms with Crippen molar-refractivity contribution in [1.82, 2.24) is 15.4 Å². The van der Waals surface area contributed by atoms with Crippen molar-refractivity contribution in [2.24, 2.45) is 0 Å². The molecule has 1 saturated heterocycles. The summed E-state index contributed by atoms with van der Waals surface area (Å²) in [6, 6.07) is 0. The molecule has 18 heavy (non-hydrogen) atoms. The van der Waals surface area contributed by atoms with E-state index in [2.05, 4.69) is 10.4 Å². The molecular formula is C12H15N3O2S. The Morgan fingerprint density at radius 1 is 1.44 bits per heavy atom. The first-order chi connectivity index (χ1) is 8.75. The number of piperidine rings is 1. The molecule has 0 atom stereocenters. The van der Waals surface area contributed by atoms with Gasteiger partial charge in [-0.3, -0.25) is 20.0 Å². The fraction of sp³-hybridized carbons (Fsp3) is 0.583. The maximum Gasteiger partial charge on any atom is 0.281 e. The largest absolute Gasteiger partial charge is 0.281 e. The van der Waals surface area contributed by atoms with Crippen molar-refractivity contribution in [3.05, 3.63) is 16.1 Å². The Kier molecular flexibility index (Phi) is 3.03. The van der Waals surface area contributed by atoms with E-state index < -0.39 is 0 Å². The Morgan fingerprint density at radius 2 is 2.28 bits per heavy atom. The van der Waals surface area contributed by atoms with Gasteiger partial charge in [-0.15, -0.1) is 11.3 Å². The van der Waals surface area contributed by atoms with Crippen LogP contribution in [0.5, 0.6) is 0 Å². The van der Waals surface area contributed by atoms with Crippen molar-refractivity contribution in [2.75, 3.05) is 6.54 Å². The predicted molar refractivity (Wildman–Crippen MR) is 67.1 cm³/mol. The second kappa shape index (κ2) is 4.68. The minimum atomic E-state index is -0.186. The van der Waals surface area contributed by atoms with Crippen molar-refractivity contribution < 1.29 is 9.59 Å². The average Bonchev–Trinajstić information content (AvgIpc) is 3.09. The molecule has 2 aliphatic rings. The maximum atomic E-state index is 12.1. The van der Waals surface area contributed by atoms with E-state index in [1.54, 1.807) is 5.51 Å². The van der Waals surface area contributed by atoms with Crippen LogP contribution in [-0.4, -0.2) is 28.4 Å². The Balaban J connectivity index is 1.70. The van der Waals surface area contributed by atoms with Crippen LogP contribution in [0.2, 0.25) is 0 Å². The molecule has 1 N–H and O–H groups in total. The summed E-state index contributed by atoms with van der Waals surface area (Å²) in [6.45, 7) is 0.613. The van der Waals surface area contributed by atoms with Crippen LogP contribution in [0.15, 0.2) is 5.51 Å². The lowest BCUT2D eigenvalue weighted by Crippen LogP contribution is -2.48. The van der Waals surface area contributed by atoms with Gasteiger partial charge in [0, 0.05) is 18.9 Å². The number of nitrogens with one attached hydrogen (secondary N) is 1. The Labute approximate surface area is 109 Å². The number of hydrazine groups is 1. The van der Waals surface area contributed by atoms with Gasteiger partial charge in [0.2, 0.25) is 5.91 Å². The quantitative estimate of drug-likeness (QED) is 0.904. The summed E-state index contributed by atoms with van der Waals surface area (Å²) in [5.41, 5.74) is 5.32. The van der Waals surface area contributed by atoms with Gasteiger partial charge in [-0.2, -0.15) is 0 Å². The highest BCUT2D eigenvalue weighted by molar-refractivity contribution is 7.11. The molecule has 2 heterocycles. The number of carbonyl (C=O) groups excluding carboxylic acids is 2. The zero-order valence-electron chi connectivity index (χ0n) is 10.0. The molecule has 1 aliphatic heterocycles. The summed E-state index contributed by atoms with van der Waals surface area (Å²) in [5, 5.41) is 1.45. The van der Waals surface area contributed by atoms with E-state index in [-0.39, 0.29) is 11.8 Å². The molecule has 6 heteroatoms. The number of rotatable bonds is 3. The fourth-order valence-electron chi connectivity index (χ4n) is 2.17. The number of aromatic nitrogens is 1. The molecule has 0 unspecified atom stereocenters. The second-order valence-corrected chi connectivity index (χ2v) is 5.64. The first-order valence-electron chi connectivity index (χ1n) is 6.30. The summed E-state index contributed by atoms with van der Waals surface area (Å²) in [7, 11) is 0. The van der Waals surface area contributed by atoms with Crippen LogP contribution in [-0.2, 0) is 4.79 Å². The SMILES string of the molecule is O=C(NN1CCCCC1=O)c1scnc1C1CC1. The van der Waals surface area contributed by atoms with E-state index in [0.717, 1.165) is 31.4 Å². The van der Waals surface area contributed by atoms with E-state index in [9.17, 15) is 9.59 Å². The zero-order valence-corrected chi connectivity index (χ0v) is 10.8. The summed E-state index contributed by atoms with van der Waals surface area (Å²) >= 11 is 1.35. The molecule has 2 fully saturated rings. The molecule has 0 aromatic carbocycles. The van der Waals surface area contributed by atoms with Gasteiger partial charge in [-0.25, -0.2) is 4.98 Å². The van der Waals surface area contributed by atoms with E-state index >= 15 is 0 Å². The van der Waals surface area contributed by atoms with Gasteiger partial charge in [0.15, 0.2) is 0 Å². The normalized spacial score (nSPS) is 20.0. The number of hydrogen-bond acceptors (Lipinski definition) is 4. The standard InChI is InChI=1S/C12H15N3O2S/c16-9-3-1-2-6-15(9)14-12(17)11-10(8-4-5-8)13-7-18-11/h7-8H,1-6H2,(H,14,17). The highest BCUT2D eigenvalue weighted by atomic mass is 32.1. The van der Waals surface area contributed by atoms with Gasteiger partial charge in [0.25, 0.3) is 5.91 Å². The van der Waals surface area contributed by atoms with Crippen LogP contribution in [0, 0.1) is 0 Å². The summed E-state index contributed by atoms with van der Waals surface area (Å²) < 4.78 is 0. The van der Waals surface area contributed by atoms with Gasteiger partial charge in [0.05, 0.1) is 11.2 Å². The molecule has 3 rings (SSSR count). The molecule has 0 radical (unpaired) electrons. The number of nitrogens with zero attached hydrogens (tertiary/aromatic N) is 2. The zero-order chi connectivity index (χ0) is 12.5. The monoisotopic (exact) mass is 265 g/mol. The van der Waals surface area contributed by atoms with Gasteiger partial charge in [0.1, 0.15) is 4.88 Å². The molecular weight excluding hydrogens is 250 g/mol. The van der Waals surface area contributed by atoms with Crippen LogP contribution in [0.25, 0.3) is 0 Å². The molecule has 2 amide bonds. The lowest BCUT2D eigenvalue weighted by atomic mass is 10.1. The van der Waals surface area contributed by atoms with Crippen molar-refractivity contribution in [3.8, 4) is 0 Å². The summed E-state index contributed by atoms with van der Waals surface area (Å²) in [6.07, 6.45) is 4.63. The highest BCUT2D eigenvalue weighted by Crippen LogP contribution is 2.41. The third-order valence-electron chi connectivity index (χ3n) is 3.33. The van der Waals surface area contributed by atoms with Crippen LogP contribution < -0.4 is 5.43 Å². The van der Waals surface area contributed by atoms with Gasteiger partial charge in [-0.05, 0) is 25.7 Å².